The maximum atomic E-state index is 12.9. The molecule has 1 amide bonds. The summed E-state index contributed by atoms with van der Waals surface area (Å²) in [5.74, 6) is 0.666. The summed E-state index contributed by atoms with van der Waals surface area (Å²) < 4.78 is 6.20. The lowest BCUT2D eigenvalue weighted by molar-refractivity contribution is -0.139. The van der Waals surface area contributed by atoms with E-state index in [0.717, 1.165) is 37.4 Å². The summed E-state index contributed by atoms with van der Waals surface area (Å²) in [5.41, 5.74) is 1.39. The van der Waals surface area contributed by atoms with Gasteiger partial charge in [0.2, 0.25) is 0 Å². The molecule has 136 valence electrons. The van der Waals surface area contributed by atoms with Crippen LogP contribution < -0.4 is 15.4 Å². The fourth-order valence-corrected chi connectivity index (χ4v) is 3.21. The van der Waals surface area contributed by atoms with Crippen LogP contribution >= 0.6 is 0 Å². The van der Waals surface area contributed by atoms with Crippen molar-refractivity contribution in [2.75, 3.05) is 19.6 Å². The average Bonchev–Trinajstić information content (AvgIpc) is 3.10. The van der Waals surface area contributed by atoms with E-state index in [9.17, 15) is 4.79 Å². The van der Waals surface area contributed by atoms with Crippen LogP contribution in [0.3, 0.4) is 0 Å². The van der Waals surface area contributed by atoms with Gasteiger partial charge < -0.3 is 20.2 Å². The van der Waals surface area contributed by atoms with E-state index in [-0.39, 0.29) is 12.0 Å². The fourth-order valence-electron chi connectivity index (χ4n) is 3.21. The molecule has 2 aliphatic heterocycles. The lowest BCUT2D eigenvalue weighted by Crippen LogP contribution is -2.57. The van der Waals surface area contributed by atoms with E-state index in [1.54, 1.807) is 0 Å². The van der Waals surface area contributed by atoms with Crippen LogP contribution in [0.5, 0.6) is 5.75 Å². The molecule has 0 spiro atoms. The van der Waals surface area contributed by atoms with Crippen molar-refractivity contribution in [1.82, 2.24) is 10.6 Å². The highest BCUT2D eigenvalue weighted by molar-refractivity contribution is 5.87. The number of benzene rings is 1. The third-order valence-corrected chi connectivity index (χ3v) is 4.85. The van der Waals surface area contributed by atoms with E-state index in [1.807, 2.05) is 31.2 Å². The number of carbonyl (C=O) groups excluding carboxylic acids is 1. The molecule has 2 heterocycles. The molecule has 1 saturated heterocycles. The number of ether oxygens (including phenoxy) is 1. The first kappa shape index (κ1) is 17.7. The van der Waals surface area contributed by atoms with Crippen LogP contribution in [0.25, 0.3) is 0 Å². The van der Waals surface area contributed by atoms with Gasteiger partial charge in [0, 0.05) is 19.3 Å². The number of nitrogens with zero attached hydrogens (tertiary/aromatic N) is 1. The average molecular weight is 345 g/mol. The number of rotatable bonds is 6. The molecule has 0 aromatic heterocycles. The zero-order valence-electron chi connectivity index (χ0n) is 15.0. The van der Waals surface area contributed by atoms with Crippen molar-refractivity contribution in [3.8, 4) is 5.75 Å². The van der Waals surface area contributed by atoms with E-state index in [2.05, 4.69) is 22.7 Å². The molecule has 1 fully saturated rings. The minimum Gasteiger partial charge on any atom is -0.477 e. The first-order valence-corrected chi connectivity index (χ1v) is 9.07. The molecule has 0 bridgehead atoms. The minimum atomic E-state index is -0.826. The molecule has 0 saturated carbocycles. The molecule has 3 rings (SSSR count). The number of piperidine rings is 1. The second kappa shape index (κ2) is 7.87. The Morgan fingerprint density at radius 2 is 2.08 bits per heavy atom. The van der Waals surface area contributed by atoms with Gasteiger partial charge in [-0.25, -0.2) is 0 Å². The zero-order valence-corrected chi connectivity index (χ0v) is 15.0. The van der Waals surface area contributed by atoms with Crippen molar-refractivity contribution in [2.45, 2.75) is 51.2 Å². The third kappa shape index (κ3) is 4.31. The molecule has 0 aliphatic carbocycles. The fraction of sp³-hybridized carbons (Fsp3) is 0.579. The van der Waals surface area contributed by atoms with Gasteiger partial charge in [0.1, 0.15) is 11.9 Å². The number of hydrogen-bond acceptors (Lipinski definition) is 5. The molecular formula is C19H27N3O3. The standard InChI is InChI=1S/C19H27N3O3/c1-3-15-12-17(25-22-15)13-21-18(23)19(8-10-20-11-9-19)24-16-6-4-14(2)5-7-16/h4-7,17,20H,3,8-13H2,1-2H3,(H,21,23)/t17-/m1/s1. The van der Waals surface area contributed by atoms with E-state index in [0.29, 0.717) is 19.4 Å². The van der Waals surface area contributed by atoms with E-state index >= 15 is 0 Å². The minimum absolute atomic E-state index is 0.0666. The van der Waals surface area contributed by atoms with E-state index in [1.165, 1.54) is 5.56 Å². The van der Waals surface area contributed by atoms with Gasteiger partial charge in [0.05, 0.1) is 12.3 Å². The first-order chi connectivity index (χ1) is 12.1. The molecule has 25 heavy (non-hydrogen) atoms. The number of nitrogens with one attached hydrogen (secondary N) is 2. The maximum Gasteiger partial charge on any atom is 0.264 e. The zero-order chi connectivity index (χ0) is 17.7. The first-order valence-electron chi connectivity index (χ1n) is 9.07. The van der Waals surface area contributed by atoms with Crippen LogP contribution in [0.15, 0.2) is 29.4 Å². The Kier molecular flexibility index (Phi) is 5.58. The predicted molar refractivity (Wildman–Crippen MR) is 96.9 cm³/mol. The number of hydrogen-bond donors (Lipinski definition) is 2. The van der Waals surface area contributed by atoms with Crippen LogP contribution in [0.1, 0.15) is 38.2 Å². The normalized spacial score (nSPS) is 22.0. The molecule has 1 aromatic carbocycles. The molecule has 1 atom stereocenters. The van der Waals surface area contributed by atoms with Gasteiger partial charge in [-0.1, -0.05) is 29.8 Å². The molecular weight excluding hydrogens is 318 g/mol. The molecule has 0 radical (unpaired) electrons. The largest absolute Gasteiger partial charge is 0.477 e. The van der Waals surface area contributed by atoms with Gasteiger partial charge in [0.15, 0.2) is 5.60 Å². The monoisotopic (exact) mass is 345 g/mol. The summed E-state index contributed by atoms with van der Waals surface area (Å²) in [5, 5.41) is 10.4. The van der Waals surface area contributed by atoms with Gasteiger partial charge >= 0.3 is 0 Å². The summed E-state index contributed by atoms with van der Waals surface area (Å²) >= 11 is 0. The summed E-state index contributed by atoms with van der Waals surface area (Å²) in [6.07, 6.45) is 2.89. The van der Waals surface area contributed by atoms with Gasteiger partial charge in [-0.3, -0.25) is 4.79 Å². The predicted octanol–water partition coefficient (Wildman–Crippen LogP) is 2.17. The Morgan fingerprint density at radius 1 is 1.36 bits per heavy atom. The second-order valence-electron chi connectivity index (χ2n) is 6.81. The van der Waals surface area contributed by atoms with E-state index < -0.39 is 5.60 Å². The number of amides is 1. The van der Waals surface area contributed by atoms with Crippen molar-refractivity contribution in [1.29, 1.82) is 0 Å². The number of oxime groups is 1. The summed E-state index contributed by atoms with van der Waals surface area (Å²) in [7, 11) is 0. The second-order valence-corrected chi connectivity index (χ2v) is 6.81. The summed E-state index contributed by atoms with van der Waals surface area (Å²) in [6, 6.07) is 7.84. The third-order valence-electron chi connectivity index (χ3n) is 4.85. The van der Waals surface area contributed by atoms with Crippen LogP contribution in [-0.2, 0) is 9.63 Å². The molecule has 2 N–H and O–H groups in total. The Balaban J connectivity index is 1.63. The van der Waals surface area contributed by atoms with Crippen molar-refractivity contribution in [2.24, 2.45) is 5.16 Å². The molecule has 6 heteroatoms. The summed E-state index contributed by atoms with van der Waals surface area (Å²) in [4.78, 5) is 18.3. The quantitative estimate of drug-likeness (QED) is 0.829. The van der Waals surface area contributed by atoms with Gasteiger partial charge in [-0.2, -0.15) is 0 Å². The van der Waals surface area contributed by atoms with Gasteiger partial charge in [-0.05, 0) is 38.6 Å². The summed E-state index contributed by atoms with van der Waals surface area (Å²) in [6.45, 7) is 6.08. The SMILES string of the molecule is CCC1=NO[C@@H](CNC(=O)C2(Oc3ccc(C)cc3)CCNCC2)C1. The van der Waals surface area contributed by atoms with Gasteiger partial charge in [-0.15, -0.1) is 0 Å². The lowest BCUT2D eigenvalue weighted by atomic mass is 9.90. The van der Waals surface area contributed by atoms with Crippen molar-refractivity contribution in [3.05, 3.63) is 29.8 Å². The topological polar surface area (TPSA) is 72.0 Å². The van der Waals surface area contributed by atoms with E-state index in [4.69, 9.17) is 9.57 Å². The van der Waals surface area contributed by atoms with Gasteiger partial charge in [0.25, 0.3) is 5.91 Å². The molecule has 0 unspecified atom stereocenters. The van der Waals surface area contributed by atoms with Crippen molar-refractivity contribution in [3.63, 3.8) is 0 Å². The molecule has 2 aliphatic rings. The molecule has 6 nitrogen and oxygen atoms in total. The highest BCUT2D eigenvalue weighted by Gasteiger charge is 2.42. The van der Waals surface area contributed by atoms with Crippen LogP contribution in [-0.4, -0.2) is 43.0 Å². The highest BCUT2D eigenvalue weighted by Crippen LogP contribution is 2.27. The highest BCUT2D eigenvalue weighted by atomic mass is 16.6. The Morgan fingerprint density at radius 3 is 2.72 bits per heavy atom. The lowest BCUT2D eigenvalue weighted by Gasteiger charge is -2.36. The Bertz CT molecular complexity index is 621. The number of aryl methyl sites for hydroxylation is 1. The molecule has 1 aromatic rings. The van der Waals surface area contributed by atoms with Crippen molar-refractivity contribution >= 4 is 11.6 Å². The van der Waals surface area contributed by atoms with Crippen LogP contribution in [0, 0.1) is 6.92 Å². The van der Waals surface area contributed by atoms with Crippen LogP contribution in [0.2, 0.25) is 0 Å². The number of carbonyl (C=O) groups is 1. The smallest absolute Gasteiger partial charge is 0.264 e. The van der Waals surface area contributed by atoms with Crippen LogP contribution in [0.4, 0.5) is 0 Å². The maximum absolute atomic E-state index is 12.9. The van der Waals surface area contributed by atoms with Crippen molar-refractivity contribution < 1.29 is 14.4 Å². The Hall–Kier alpha value is -2.08. The Labute approximate surface area is 149 Å².